The summed E-state index contributed by atoms with van der Waals surface area (Å²) in [5.41, 5.74) is -0.243. The van der Waals surface area contributed by atoms with E-state index in [4.69, 9.17) is 0 Å². The molecule has 1 saturated heterocycles. The number of nitrogens with zero attached hydrogens (tertiary/aromatic N) is 1. The van der Waals surface area contributed by atoms with E-state index in [1.165, 1.54) is 4.31 Å². The number of piperidine rings is 1. The van der Waals surface area contributed by atoms with Crippen LogP contribution in [0.2, 0.25) is 0 Å². The normalized spacial score (nSPS) is 20.4. The summed E-state index contributed by atoms with van der Waals surface area (Å²) >= 11 is 0. The Morgan fingerprint density at radius 1 is 1.38 bits per heavy atom. The van der Waals surface area contributed by atoms with Crippen molar-refractivity contribution < 1.29 is 17.2 Å². The van der Waals surface area contributed by atoms with Crippen molar-refractivity contribution in [3.63, 3.8) is 0 Å². The van der Waals surface area contributed by atoms with Gasteiger partial charge in [0, 0.05) is 19.2 Å². The fourth-order valence-corrected chi connectivity index (χ4v) is 3.83. The molecule has 0 radical (unpaired) electrons. The predicted octanol–water partition coefficient (Wildman–Crippen LogP) is 1.55. The topological polar surface area (TPSA) is 61.4 Å². The van der Waals surface area contributed by atoms with E-state index in [0.29, 0.717) is 19.2 Å². The molecule has 0 aliphatic carbocycles. The molecule has 118 valence electrons. The van der Waals surface area contributed by atoms with Crippen LogP contribution in [0.15, 0.2) is 18.2 Å². The van der Waals surface area contributed by atoms with Gasteiger partial charge in [0.1, 0.15) is 11.6 Å². The maximum absolute atomic E-state index is 13.5. The van der Waals surface area contributed by atoms with Crippen LogP contribution in [0.25, 0.3) is 0 Å². The standard InChI is InChI=1S/C13H19F2N3O2S/c1-16-8-10-3-2-6-18(9-10)21(19,20)17-13-5-4-11(14)7-12(13)15/h4-5,7,10,16-17H,2-3,6,8-9H2,1H3. The largest absolute Gasteiger partial charge is 0.319 e. The van der Waals surface area contributed by atoms with Crippen molar-refractivity contribution in [1.82, 2.24) is 9.62 Å². The SMILES string of the molecule is CNCC1CCCN(S(=O)(=O)Nc2ccc(F)cc2F)C1. The summed E-state index contributed by atoms with van der Waals surface area (Å²) in [6.45, 7) is 1.52. The van der Waals surface area contributed by atoms with E-state index in [9.17, 15) is 17.2 Å². The van der Waals surface area contributed by atoms with Gasteiger partial charge in [-0.1, -0.05) is 0 Å². The average Bonchev–Trinajstić information content (AvgIpc) is 2.43. The lowest BCUT2D eigenvalue weighted by atomic mass is 10.00. The molecule has 5 nitrogen and oxygen atoms in total. The van der Waals surface area contributed by atoms with Crippen LogP contribution in [0.5, 0.6) is 0 Å². The number of hydrogen-bond donors (Lipinski definition) is 2. The highest BCUT2D eigenvalue weighted by Gasteiger charge is 2.29. The lowest BCUT2D eigenvalue weighted by Crippen LogP contribution is -2.44. The van der Waals surface area contributed by atoms with Gasteiger partial charge in [0.2, 0.25) is 0 Å². The van der Waals surface area contributed by atoms with Crippen molar-refractivity contribution in [2.75, 3.05) is 31.4 Å². The van der Waals surface area contributed by atoms with Crippen molar-refractivity contribution in [3.8, 4) is 0 Å². The van der Waals surface area contributed by atoms with E-state index in [0.717, 1.165) is 31.5 Å². The number of nitrogens with one attached hydrogen (secondary N) is 2. The highest BCUT2D eigenvalue weighted by atomic mass is 32.2. The molecular weight excluding hydrogens is 300 g/mol. The first-order valence-corrected chi connectivity index (χ1v) is 8.24. The van der Waals surface area contributed by atoms with Gasteiger partial charge in [0.25, 0.3) is 0 Å². The molecule has 1 heterocycles. The lowest BCUT2D eigenvalue weighted by Gasteiger charge is -2.31. The van der Waals surface area contributed by atoms with Crippen LogP contribution in [0.4, 0.5) is 14.5 Å². The zero-order valence-corrected chi connectivity index (χ0v) is 12.6. The molecule has 1 aromatic carbocycles. The second-order valence-electron chi connectivity index (χ2n) is 5.16. The maximum atomic E-state index is 13.5. The number of anilines is 1. The van der Waals surface area contributed by atoms with Crippen LogP contribution in [0, 0.1) is 17.6 Å². The monoisotopic (exact) mass is 319 g/mol. The number of benzene rings is 1. The Kier molecular flexibility index (Phi) is 5.13. The van der Waals surface area contributed by atoms with E-state index in [2.05, 4.69) is 10.0 Å². The van der Waals surface area contributed by atoms with E-state index < -0.39 is 21.8 Å². The van der Waals surface area contributed by atoms with Gasteiger partial charge in [-0.2, -0.15) is 12.7 Å². The molecule has 2 N–H and O–H groups in total. The third-order valence-electron chi connectivity index (χ3n) is 3.48. The van der Waals surface area contributed by atoms with Crippen LogP contribution < -0.4 is 10.0 Å². The predicted molar refractivity (Wildman–Crippen MR) is 77.1 cm³/mol. The van der Waals surface area contributed by atoms with Gasteiger partial charge in [-0.3, -0.25) is 4.72 Å². The van der Waals surface area contributed by atoms with Crippen LogP contribution in [0.3, 0.4) is 0 Å². The third-order valence-corrected chi connectivity index (χ3v) is 4.97. The minimum atomic E-state index is -3.83. The zero-order chi connectivity index (χ0) is 15.5. The average molecular weight is 319 g/mol. The Hall–Kier alpha value is -1.25. The molecule has 0 bridgehead atoms. The van der Waals surface area contributed by atoms with E-state index in [1.807, 2.05) is 7.05 Å². The molecule has 0 aromatic heterocycles. The summed E-state index contributed by atoms with van der Waals surface area (Å²) < 4.78 is 54.4. The molecule has 1 aromatic rings. The number of halogens is 2. The Balaban J connectivity index is 2.10. The molecule has 21 heavy (non-hydrogen) atoms. The Morgan fingerprint density at radius 3 is 2.81 bits per heavy atom. The van der Waals surface area contributed by atoms with Crippen molar-refractivity contribution in [2.24, 2.45) is 5.92 Å². The smallest absolute Gasteiger partial charge is 0.301 e. The van der Waals surface area contributed by atoms with E-state index >= 15 is 0 Å². The summed E-state index contributed by atoms with van der Waals surface area (Å²) in [5, 5.41) is 3.03. The first-order chi connectivity index (χ1) is 9.92. The molecule has 1 fully saturated rings. The number of hydrogen-bond acceptors (Lipinski definition) is 3. The summed E-state index contributed by atoms with van der Waals surface area (Å²) in [6, 6.07) is 2.75. The van der Waals surface area contributed by atoms with Crippen molar-refractivity contribution in [1.29, 1.82) is 0 Å². The highest BCUT2D eigenvalue weighted by Crippen LogP contribution is 2.22. The Bertz CT molecular complexity index is 593. The highest BCUT2D eigenvalue weighted by molar-refractivity contribution is 7.90. The molecule has 0 amide bonds. The van der Waals surface area contributed by atoms with Crippen LogP contribution in [-0.4, -0.2) is 39.4 Å². The molecule has 1 aliphatic rings. The second kappa shape index (κ2) is 6.67. The molecule has 1 atom stereocenters. The summed E-state index contributed by atoms with van der Waals surface area (Å²) in [4.78, 5) is 0. The first kappa shape index (κ1) is 16.1. The molecule has 8 heteroatoms. The first-order valence-electron chi connectivity index (χ1n) is 6.80. The van der Waals surface area contributed by atoms with E-state index in [-0.39, 0.29) is 11.6 Å². The maximum Gasteiger partial charge on any atom is 0.301 e. The summed E-state index contributed by atoms with van der Waals surface area (Å²) in [6.07, 6.45) is 1.72. The van der Waals surface area contributed by atoms with Gasteiger partial charge in [0.15, 0.2) is 0 Å². The second-order valence-corrected chi connectivity index (χ2v) is 6.83. The van der Waals surface area contributed by atoms with Gasteiger partial charge in [-0.15, -0.1) is 0 Å². The van der Waals surface area contributed by atoms with Gasteiger partial charge in [-0.25, -0.2) is 8.78 Å². The fraction of sp³-hybridized carbons (Fsp3) is 0.538. The summed E-state index contributed by atoms with van der Waals surface area (Å²) in [5.74, 6) is -1.44. The van der Waals surface area contributed by atoms with E-state index in [1.54, 1.807) is 0 Å². The minimum absolute atomic E-state index is 0.235. The summed E-state index contributed by atoms with van der Waals surface area (Å²) in [7, 11) is -2.01. The van der Waals surface area contributed by atoms with Crippen molar-refractivity contribution in [3.05, 3.63) is 29.8 Å². The molecule has 0 spiro atoms. The zero-order valence-electron chi connectivity index (χ0n) is 11.8. The van der Waals surface area contributed by atoms with Gasteiger partial charge < -0.3 is 5.32 Å². The molecule has 0 saturated carbocycles. The molecule has 2 rings (SSSR count). The lowest BCUT2D eigenvalue weighted by molar-refractivity contribution is 0.264. The van der Waals surface area contributed by atoms with Crippen LogP contribution in [-0.2, 0) is 10.2 Å². The van der Waals surface area contributed by atoms with Crippen LogP contribution >= 0.6 is 0 Å². The Labute approximate surface area is 123 Å². The third kappa shape index (κ3) is 4.12. The number of rotatable bonds is 5. The Morgan fingerprint density at radius 2 is 2.14 bits per heavy atom. The minimum Gasteiger partial charge on any atom is -0.319 e. The molecular formula is C13H19F2N3O2S. The quantitative estimate of drug-likeness (QED) is 0.866. The molecule has 1 unspecified atom stereocenters. The van der Waals surface area contributed by atoms with Gasteiger partial charge in [0.05, 0.1) is 5.69 Å². The van der Waals surface area contributed by atoms with Gasteiger partial charge >= 0.3 is 10.2 Å². The van der Waals surface area contributed by atoms with Crippen molar-refractivity contribution >= 4 is 15.9 Å². The van der Waals surface area contributed by atoms with Gasteiger partial charge in [-0.05, 0) is 44.5 Å². The van der Waals surface area contributed by atoms with Crippen molar-refractivity contribution in [2.45, 2.75) is 12.8 Å². The molecule has 1 aliphatic heterocycles. The fourth-order valence-electron chi connectivity index (χ4n) is 2.48. The van der Waals surface area contributed by atoms with Crippen LogP contribution in [0.1, 0.15) is 12.8 Å².